The van der Waals surface area contributed by atoms with Gasteiger partial charge in [0.2, 0.25) is 11.8 Å². The Hall–Kier alpha value is -1.23. The van der Waals surface area contributed by atoms with Gasteiger partial charge in [0.05, 0.1) is 5.92 Å². The minimum atomic E-state index is -0.785. The Morgan fingerprint density at radius 1 is 1.31 bits per heavy atom. The molecule has 3 nitrogen and oxygen atoms in total. The van der Waals surface area contributed by atoms with Crippen LogP contribution in [0.25, 0.3) is 0 Å². The first kappa shape index (κ1) is 11.3. The van der Waals surface area contributed by atoms with Gasteiger partial charge < -0.3 is 0 Å². The maximum Gasteiger partial charge on any atom is 0.241 e. The molecular weight excluding hydrogens is 277 g/mol. The molecule has 0 aromatic heterocycles. The highest BCUT2D eigenvalue weighted by molar-refractivity contribution is 9.10. The summed E-state index contributed by atoms with van der Waals surface area (Å²) in [5.41, 5.74) is 1.11. The monoisotopic (exact) mass is 285 g/mol. The van der Waals surface area contributed by atoms with Crippen LogP contribution in [0.5, 0.6) is 0 Å². The molecule has 2 atom stereocenters. The van der Waals surface area contributed by atoms with Gasteiger partial charge in [0, 0.05) is 5.56 Å². The number of alkyl halides is 1. The van der Waals surface area contributed by atoms with Crippen molar-refractivity contribution in [2.45, 2.75) is 17.7 Å². The van der Waals surface area contributed by atoms with Crippen molar-refractivity contribution in [3.63, 3.8) is 0 Å². The fraction of sp³-hybridized carbons (Fsp3) is 0.273. The molecule has 5 heteroatoms. The molecule has 1 aliphatic rings. The lowest BCUT2D eigenvalue weighted by Crippen LogP contribution is -2.22. The molecule has 0 bridgehead atoms. The number of aryl methyl sites for hydroxylation is 1. The minimum Gasteiger partial charge on any atom is -0.295 e. The van der Waals surface area contributed by atoms with E-state index < -0.39 is 28.4 Å². The van der Waals surface area contributed by atoms with E-state index >= 15 is 0 Å². The van der Waals surface area contributed by atoms with E-state index in [0.717, 1.165) is 5.56 Å². The number of halogens is 2. The van der Waals surface area contributed by atoms with E-state index in [-0.39, 0.29) is 5.56 Å². The molecule has 0 saturated carbocycles. The lowest BCUT2D eigenvalue weighted by Gasteiger charge is -2.11. The van der Waals surface area contributed by atoms with Crippen LogP contribution in [-0.2, 0) is 9.59 Å². The van der Waals surface area contributed by atoms with Crippen LogP contribution in [0.1, 0.15) is 17.0 Å². The summed E-state index contributed by atoms with van der Waals surface area (Å²) in [6.45, 7) is 1.81. The van der Waals surface area contributed by atoms with Gasteiger partial charge in [-0.15, -0.1) is 0 Å². The first-order valence-corrected chi connectivity index (χ1v) is 5.67. The van der Waals surface area contributed by atoms with Crippen molar-refractivity contribution < 1.29 is 14.0 Å². The van der Waals surface area contributed by atoms with Crippen molar-refractivity contribution in [2.75, 3.05) is 0 Å². The minimum absolute atomic E-state index is 0.255. The highest BCUT2D eigenvalue weighted by atomic mass is 79.9. The van der Waals surface area contributed by atoms with Crippen LogP contribution in [0.3, 0.4) is 0 Å². The first-order valence-electron chi connectivity index (χ1n) is 4.75. The van der Waals surface area contributed by atoms with Crippen LogP contribution >= 0.6 is 15.9 Å². The molecule has 2 amide bonds. The lowest BCUT2D eigenvalue weighted by molar-refractivity contribution is -0.125. The zero-order chi connectivity index (χ0) is 11.9. The second kappa shape index (κ2) is 3.97. The summed E-state index contributed by atoms with van der Waals surface area (Å²) >= 11 is 3.11. The lowest BCUT2D eigenvalue weighted by atomic mass is 9.95. The molecule has 1 aromatic rings. The summed E-state index contributed by atoms with van der Waals surface area (Å²) in [7, 11) is 0. The van der Waals surface area contributed by atoms with Crippen LogP contribution in [0.15, 0.2) is 18.2 Å². The van der Waals surface area contributed by atoms with E-state index in [1.807, 2.05) is 0 Å². The molecule has 2 rings (SSSR count). The van der Waals surface area contributed by atoms with Gasteiger partial charge in [0.15, 0.2) is 0 Å². The van der Waals surface area contributed by atoms with Crippen LogP contribution in [0.2, 0.25) is 0 Å². The third kappa shape index (κ3) is 1.75. The molecule has 0 radical (unpaired) electrons. The van der Waals surface area contributed by atoms with E-state index in [9.17, 15) is 14.0 Å². The van der Waals surface area contributed by atoms with Gasteiger partial charge in [-0.1, -0.05) is 33.6 Å². The molecule has 1 heterocycles. The van der Waals surface area contributed by atoms with Crippen LogP contribution in [-0.4, -0.2) is 16.6 Å². The Morgan fingerprint density at radius 2 is 2.00 bits per heavy atom. The summed E-state index contributed by atoms with van der Waals surface area (Å²) in [4.78, 5) is 22.1. The fourth-order valence-corrected chi connectivity index (χ4v) is 2.39. The Labute approximate surface area is 100 Å². The van der Waals surface area contributed by atoms with Crippen LogP contribution in [0.4, 0.5) is 4.39 Å². The summed E-state index contributed by atoms with van der Waals surface area (Å²) in [6, 6.07) is 4.52. The second-order valence-electron chi connectivity index (χ2n) is 3.76. The first-order chi connectivity index (χ1) is 7.50. The van der Waals surface area contributed by atoms with Gasteiger partial charge in [-0.3, -0.25) is 14.9 Å². The number of hydrogen-bond acceptors (Lipinski definition) is 2. The van der Waals surface area contributed by atoms with Crippen LogP contribution < -0.4 is 5.32 Å². The standard InChI is InChI=1S/C11H9BrFNO2/c1-5-2-3-7(13)6(4-5)8-9(12)11(16)14-10(8)15/h2-4,8-9H,1H3,(H,14,15,16). The van der Waals surface area contributed by atoms with Gasteiger partial charge in [-0.25, -0.2) is 4.39 Å². The van der Waals surface area contributed by atoms with Crippen molar-refractivity contribution in [3.8, 4) is 0 Å². The normalized spacial score (nSPS) is 24.7. The van der Waals surface area contributed by atoms with E-state index in [4.69, 9.17) is 0 Å². The second-order valence-corrected chi connectivity index (χ2v) is 4.74. The third-order valence-electron chi connectivity index (χ3n) is 2.56. The zero-order valence-corrected chi connectivity index (χ0v) is 10.0. The van der Waals surface area contributed by atoms with E-state index in [1.165, 1.54) is 6.07 Å². The number of carbonyl (C=O) groups is 2. The predicted molar refractivity (Wildman–Crippen MR) is 59.7 cm³/mol. The number of amides is 2. The summed E-state index contributed by atoms with van der Waals surface area (Å²) in [5.74, 6) is -2.13. The number of rotatable bonds is 1. The fourth-order valence-electron chi connectivity index (χ4n) is 1.75. The van der Waals surface area contributed by atoms with E-state index in [0.29, 0.717) is 0 Å². The molecule has 16 heavy (non-hydrogen) atoms. The molecule has 1 N–H and O–H groups in total. The maximum atomic E-state index is 13.6. The quantitative estimate of drug-likeness (QED) is 0.630. The summed E-state index contributed by atoms with van der Waals surface area (Å²) in [5, 5.41) is 2.17. The molecule has 1 aromatic carbocycles. The smallest absolute Gasteiger partial charge is 0.241 e. The molecule has 2 unspecified atom stereocenters. The molecule has 0 aliphatic carbocycles. The Balaban J connectivity index is 2.48. The summed E-state index contributed by atoms with van der Waals surface area (Å²) in [6.07, 6.45) is 0. The number of imide groups is 1. The Kier molecular flexibility index (Phi) is 2.80. The number of hydrogen-bond donors (Lipinski definition) is 1. The SMILES string of the molecule is Cc1ccc(F)c(C2C(=O)NC(=O)C2Br)c1. The van der Waals surface area contributed by atoms with Gasteiger partial charge >= 0.3 is 0 Å². The molecular formula is C11H9BrFNO2. The average molecular weight is 286 g/mol. The van der Waals surface area contributed by atoms with Gasteiger partial charge in [0.25, 0.3) is 0 Å². The third-order valence-corrected chi connectivity index (χ3v) is 3.50. The number of carbonyl (C=O) groups excluding carboxylic acids is 2. The van der Waals surface area contributed by atoms with Crippen molar-refractivity contribution in [1.29, 1.82) is 0 Å². The predicted octanol–water partition coefficient (Wildman–Crippen LogP) is 1.64. The van der Waals surface area contributed by atoms with Gasteiger partial charge in [-0.05, 0) is 13.0 Å². The molecule has 0 spiro atoms. The number of benzene rings is 1. The molecule has 1 aliphatic heterocycles. The molecule has 1 fully saturated rings. The maximum absolute atomic E-state index is 13.6. The Bertz CT molecular complexity index is 475. The summed E-state index contributed by atoms with van der Waals surface area (Å²) < 4.78 is 13.6. The van der Waals surface area contributed by atoms with Crippen molar-refractivity contribution in [2.24, 2.45) is 0 Å². The molecule has 84 valence electrons. The van der Waals surface area contributed by atoms with Gasteiger partial charge in [0.1, 0.15) is 10.6 Å². The van der Waals surface area contributed by atoms with Crippen molar-refractivity contribution >= 4 is 27.7 Å². The van der Waals surface area contributed by atoms with Gasteiger partial charge in [-0.2, -0.15) is 0 Å². The molecule has 1 saturated heterocycles. The number of nitrogens with one attached hydrogen (secondary N) is 1. The topological polar surface area (TPSA) is 46.2 Å². The largest absolute Gasteiger partial charge is 0.295 e. The highest BCUT2D eigenvalue weighted by Gasteiger charge is 2.42. The van der Waals surface area contributed by atoms with E-state index in [1.54, 1.807) is 19.1 Å². The average Bonchev–Trinajstić information content (AvgIpc) is 2.46. The zero-order valence-electron chi connectivity index (χ0n) is 8.46. The Morgan fingerprint density at radius 3 is 2.56 bits per heavy atom. The van der Waals surface area contributed by atoms with Crippen LogP contribution in [0, 0.1) is 12.7 Å². The highest BCUT2D eigenvalue weighted by Crippen LogP contribution is 2.32. The van der Waals surface area contributed by atoms with Crippen molar-refractivity contribution in [1.82, 2.24) is 5.32 Å². The van der Waals surface area contributed by atoms with E-state index in [2.05, 4.69) is 21.2 Å². The van der Waals surface area contributed by atoms with Crippen molar-refractivity contribution in [3.05, 3.63) is 35.1 Å².